The van der Waals surface area contributed by atoms with Crippen LogP contribution < -0.4 is 5.32 Å². The monoisotopic (exact) mass is 203 g/mol. The van der Waals surface area contributed by atoms with Crippen molar-refractivity contribution < 1.29 is 9.21 Å². The average Bonchev–Trinajstić information content (AvgIpc) is 2.68. The van der Waals surface area contributed by atoms with Crippen LogP contribution in [0.1, 0.15) is 5.56 Å². The summed E-state index contributed by atoms with van der Waals surface area (Å²) < 4.78 is 5.41. The highest BCUT2D eigenvalue weighted by atomic mass is 16.3. The highest BCUT2D eigenvalue weighted by Crippen LogP contribution is 2.20. The lowest BCUT2D eigenvalue weighted by Crippen LogP contribution is -2.19. The summed E-state index contributed by atoms with van der Waals surface area (Å²) in [6.45, 7) is 1.21. The van der Waals surface area contributed by atoms with Gasteiger partial charge in [-0.25, -0.2) is 0 Å². The molecule has 0 aliphatic rings. The van der Waals surface area contributed by atoms with Gasteiger partial charge in [-0.1, -0.05) is 18.2 Å². The first-order valence-corrected chi connectivity index (χ1v) is 5.01. The van der Waals surface area contributed by atoms with Crippen LogP contribution in [0.4, 0.5) is 0 Å². The molecule has 1 heterocycles. The second kappa shape index (κ2) is 4.75. The van der Waals surface area contributed by atoms with Gasteiger partial charge < -0.3 is 14.5 Å². The van der Waals surface area contributed by atoms with E-state index in [1.807, 2.05) is 24.3 Å². The first-order valence-electron chi connectivity index (χ1n) is 5.01. The van der Waals surface area contributed by atoms with E-state index in [1.165, 1.54) is 5.56 Å². The van der Waals surface area contributed by atoms with E-state index in [9.17, 15) is 4.79 Å². The normalized spacial score (nSPS) is 10.7. The molecule has 3 nitrogen and oxygen atoms in total. The summed E-state index contributed by atoms with van der Waals surface area (Å²) in [6.07, 6.45) is 3.53. The van der Waals surface area contributed by atoms with Gasteiger partial charge in [0.1, 0.15) is 11.9 Å². The van der Waals surface area contributed by atoms with E-state index >= 15 is 0 Å². The molecule has 0 spiro atoms. The van der Waals surface area contributed by atoms with Gasteiger partial charge in [-0.05, 0) is 24.6 Å². The summed E-state index contributed by atoms with van der Waals surface area (Å²) in [7, 11) is 0. The summed E-state index contributed by atoms with van der Waals surface area (Å²) in [4.78, 5) is 10.1. The van der Waals surface area contributed by atoms with E-state index in [1.54, 1.807) is 6.26 Å². The van der Waals surface area contributed by atoms with Gasteiger partial charge in [-0.15, -0.1) is 0 Å². The third-order valence-electron chi connectivity index (χ3n) is 2.36. The quantitative estimate of drug-likeness (QED) is 0.594. The number of hydrogen-bond donors (Lipinski definition) is 1. The Hall–Kier alpha value is -1.61. The van der Waals surface area contributed by atoms with Crippen LogP contribution in [0, 0.1) is 0 Å². The zero-order valence-electron chi connectivity index (χ0n) is 8.40. The van der Waals surface area contributed by atoms with Crippen LogP contribution in [0.2, 0.25) is 0 Å². The number of aldehydes is 1. The maximum Gasteiger partial charge on any atom is 0.134 e. The highest BCUT2D eigenvalue weighted by molar-refractivity contribution is 5.80. The fraction of sp³-hybridized carbons (Fsp3) is 0.250. The number of hydrogen-bond acceptors (Lipinski definition) is 3. The third-order valence-corrected chi connectivity index (χ3v) is 2.36. The number of fused-ring (bicyclic) bond motifs is 1. The minimum absolute atomic E-state index is 0.412. The van der Waals surface area contributed by atoms with Gasteiger partial charge >= 0.3 is 0 Å². The molecule has 15 heavy (non-hydrogen) atoms. The molecule has 0 aliphatic carbocycles. The number of furan rings is 1. The van der Waals surface area contributed by atoms with Gasteiger partial charge in [-0.2, -0.15) is 0 Å². The Morgan fingerprint density at radius 2 is 2.20 bits per heavy atom. The van der Waals surface area contributed by atoms with Gasteiger partial charge in [0.25, 0.3) is 0 Å². The van der Waals surface area contributed by atoms with Gasteiger partial charge in [0, 0.05) is 5.39 Å². The molecule has 0 fully saturated rings. The van der Waals surface area contributed by atoms with Crippen LogP contribution in [0.3, 0.4) is 0 Å². The molecule has 2 aromatic rings. The third kappa shape index (κ3) is 2.25. The summed E-state index contributed by atoms with van der Waals surface area (Å²) in [6, 6.07) is 7.96. The number of benzene rings is 1. The zero-order chi connectivity index (χ0) is 10.5. The first-order chi connectivity index (χ1) is 7.42. The average molecular weight is 203 g/mol. The van der Waals surface area contributed by atoms with Gasteiger partial charge in [0.05, 0.1) is 12.8 Å². The minimum Gasteiger partial charge on any atom is -0.464 e. The Balaban J connectivity index is 2.05. The van der Waals surface area contributed by atoms with Crippen LogP contribution in [0.15, 0.2) is 34.9 Å². The number of para-hydroxylation sites is 1. The van der Waals surface area contributed by atoms with Crippen LogP contribution in [-0.4, -0.2) is 19.4 Å². The fourth-order valence-corrected chi connectivity index (χ4v) is 1.61. The molecule has 0 bridgehead atoms. The molecule has 1 aromatic carbocycles. The van der Waals surface area contributed by atoms with Crippen molar-refractivity contribution in [3.8, 4) is 0 Å². The van der Waals surface area contributed by atoms with E-state index in [4.69, 9.17) is 4.42 Å². The minimum atomic E-state index is 0.412. The Morgan fingerprint density at radius 3 is 3.07 bits per heavy atom. The molecule has 0 atom stereocenters. The van der Waals surface area contributed by atoms with Crippen molar-refractivity contribution in [2.75, 3.05) is 13.1 Å². The molecular weight excluding hydrogens is 190 g/mol. The molecule has 2 rings (SSSR count). The van der Waals surface area contributed by atoms with Crippen molar-refractivity contribution >= 4 is 17.3 Å². The van der Waals surface area contributed by atoms with E-state index in [0.29, 0.717) is 6.54 Å². The Morgan fingerprint density at radius 1 is 1.33 bits per heavy atom. The molecule has 3 heteroatoms. The molecule has 1 aromatic heterocycles. The van der Waals surface area contributed by atoms with Crippen LogP contribution in [-0.2, 0) is 11.2 Å². The van der Waals surface area contributed by atoms with Gasteiger partial charge in [0.15, 0.2) is 0 Å². The molecule has 0 unspecified atom stereocenters. The molecule has 0 saturated heterocycles. The van der Waals surface area contributed by atoms with Crippen molar-refractivity contribution in [3.63, 3.8) is 0 Å². The Kier molecular flexibility index (Phi) is 3.15. The number of nitrogens with one attached hydrogen (secondary N) is 1. The SMILES string of the molecule is O=CCNCCc1coc2ccccc12. The predicted octanol–water partition coefficient (Wildman–Crippen LogP) is 1.76. The molecule has 0 aliphatic heterocycles. The lowest BCUT2D eigenvalue weighted by atomic mass is 10.1. The predicted molar refractivity (Wildman–Crippen MR) is 58.9 cm³/mol. The fourth-order valence-electron chi connectivity index (χ4n) is 1.61. The topological polar surface area (TPSA) is 42.2 Å². The van der Waals surface area contributed by atoms with Crippen molar-refractivity contribution in [1.82, 2.24) is 5.32 Å². The zero-order valence-corrected chi connectivity index (χ0v) is 8.40. The summed E-state index contributed by atoms with van der Waals surface area (Å²) >= 11 is 0. The second-order valence-electron chi connectivity index (χ2n) is 3.38. The molecule has 0 saturated carbocycles. The van der Waals surface area contributed by atoms with Crippen LogP contribution in [0.5, 0.6) is 0 Å². The molecule has 1 N–H and O–H groups in total. The molecule has 0 radical (unpaired) electrons. The molecular formula is C12H13NO2. The van der Waals surface area contributed by atoms with E-state index in [2.05, 4.69) is 5.32 Å². The van der Waals surface area contributed by atoms with E-state index < -0.39 is 0 Å². The Bertz CT molecular complexity index is 448. The maximum absolute atomic E-state index is 10.1. The second-order valence-corrected chi connectivity index (χ2v) is 3.38. The smallest absolute Gasteiger partial charge is 0.134 e. The van der Waals surface area contributed by atoms with Gasteiger partial charge in [-0.3, -0.25) is 0 Å². The highest BCUT2D eigenvalue weighted by Gasteiger charge is 2.03. The van der Waals surface area contributed by atoms with Crippen LogP contribution >= 0.6 is 0 Å². The summed E-state index contributed by atoms with van der Waals surface area (Å²) in [5.41, 5.74) is 2.10. The largest absolute Gasteiger partial charge is 0.464 e. The number of carbonyl (C=O) groups excluding carboxylic acids is 1. The Labute approximate surface area is 88.1 Å². The van der Waals surface area contributed by atoms with E-state index in [-0.39, 0.29) is 0 Å². The summed E-state index contributed by atoms with van der Waals surface area (Å²) in [5, 5.41) is 4.19. The van der Waals surface area contributed by atoms with Crippen molar-refractivity contribution in [1.29, 1.82) is 0 Å². The number of carbonyl (C=O) groups is 1. The van der Waals surface area contributed by atoms with Gasteiger partial charge in [0.2, 0.25) is 0 Å². The standard InChI is InChI=1S/C12H13NO2/c14-8-7-13-6-5-10-9-15-12-4-2-1-3-11(10)12/h1-4,8-9,13H,5-7H2. The lowest BCUT2D eigenvalue weighted by Gasteiger charge is -1.98. The number of rotatable bonds is 5. The summed E-state index contributed by atoms with van der Waals surface area (Å²) in [5.74, 6) is 0. The molecule has 0 amide bonds. The maximum atomic E-state index is 10.1. The van der Waals surface area contributed by atoms with Crippen LogP contribution in [0.25, 0.3) is 11.0 Å². The van der Waals surface area contributed by atoms with Crippen molar-refractivity contribution in [2.45, 2.75) is 6.42 Å². The first kappa shape index (κ1) is 9.93. The lowest BCUT2D eigenvalue weighted by molar-refractivity contribution is -0.107. The van der Waals surface area contributed by atoms with E-state index in [0.717, 1.165) is 30.2 Å². The van der Waals surface area contributed by atoms with Crippen molar-refractivity contribution in [2.24, 2.45) is 0 Å². The van der Waals surface area contributed by atoms with Crippen molar-refractivity contribution in [3.05, 3.63) is 36.1 Å². The molecule has 78 valence electrons.